The molecule has 38 heavy (non-hydrogen) atoms. The Labute approximate surface area is 232 Å². The molecule has 0 atom stereocenters. The van der Waals surface area contributed by atoms with Gasteiger partial charge in [-0.1, -0.05) is 53.0 Å². The minimum absolute atomic E-state index is 0.0766. The molecular formula is C28H25BrClN3O5. The van der Waals surface area contributed by atoms with Gasteiger partial charge in [0.25, 0.3) is 5.56 Å². The van der Waals surface area contributed by atoms with E-state index in [9.17, 15) is 14.7 Å². The fourth-order valence-electron chi connectivity index (χ4n) is 3.87. The van der Waals surface area contributed by atoms with Gasteiger partial charge >= 0.3 is 5.97 Å². The maximum atomic E-state index is 13.4. The Bertz CT molecular complexity index is 1590. The fourth-order valence-corrected chi connectivity index (χ4v) is 4.45. The molecule has 0 saturated heterocycles. The summed E-state index contributed by atoms with van der Waals surface area (Å²) in [6, 6.07) is 15.1. The number of carboxylic acids is 1. The van der Waals surface area contributed by atoms with Crippen molar-refractivity contribution in [3.8, 4) is 11.5 Å². The highest BCUT2D eigenvalue weighted by Crippen LogP contribution is 2.34. The van der Waals surface area contributed by atoms with Crippen molar-refractivity contribution in [1.29, 1.82) is 0 Å². The molecule has 4 rings (SSSR count). The largest absolute Gasteiger partial charge is 0.493 e. The highest BCUT2D eigenvalue weighted by molar-refractivity contribution is 9.10. The van der Waals surface area contributed by atoms with Crippen molar-refractivity contribution in [2.75, 3.05) is 7.11 Å². The molecule has 1 aromatic heterocycles. The molecule has 0 amide bonds. The molecule has 0 spiro atoms. The summed E-state index contributed by atoms with van der Waals surface area (Å²) in [5.41, 5.74) is 1.61. The first kappa shape index (κ1) is 27.3. The topological polar surface area (TPSA) is 103 Å². The molecule has 3 aromatic carbocycles. The van der Waals surface area contributed by atoms with Gasteiger partial charge in [-0.05, 0) is 48.4 Å². The van der Waals surface area contributed by atoms with Gasteiger partial charge < -0.3 is 14.6 Å². The number of nitrogens with zero attached hydrogens (tertiary/aromatic N) is 3. The van der Waals surface area contributed by atoms with Gasteiger partial charge in [0.15, 0.2) is 11.5 Å². The molecule has 1 N–H and O–H groups in total. The average Bonchev–Trinajstić information content (AvgIpc) is 2.91. The van der Waals surface area contributed by atoms with Gasteiger partial charge in [0.1, 0.15) is 12.4 Å². The van der Waals surface area contributed by atoms with E-state index >= 15 is 0 Å². The van der Waals surface area contributed by atoms with Gasteiger partial charge in [0.05, 0.1) is 29.8 Å². The van der Waals surface area contributed by atoms with Gasteiger partial charge in [-0.15, -0.1) is 0 Å². The lowest BCUT2D eigenvalue weighted by Crippen LogP contribution is -2.22. The normalized spacial score (nSPS) is 11.3. The van der Waals surface area contributed by atoms with Crippen molar-refractivity contribution in [3.05, 3.63) is 97.0 Å². The molecule has 4 aromatic rings. The number of ether oxygens (including phenoxy) is 2. The molecule has 0 aliphatic carbocycles. The number of methoxy groups -OCH3 is 1. The van der Waals surface area contributed by atoms with Crippen molar-refractivity contribution >= 4 is 50.6 Å². The number of benzene rings is 3. The first-order valence-electron chi connectivity index (χ1n) is 11.9. The summed E-state index contributed by atoms with van der Waals surface area (Å²) in [5.74, 6) is 0.238. The Morgan fingerprint density at radius 1 is 1.21 bits per heavy atom. The second kappa shape index (κ2) is 12.2. The third-order valence-corrected chi connectivity index (χ3v) is 6.48. The summed E-state index contributed by atoms with van der Waals surface area (Å²) >= 11 is 9.75. The highest BCUT2D eigenvalue weighted by atomic mass is 79.9. The molecule has 196 valence electrons. The van der Waals surface area contributed by atoms with Crippen LogP contribution in [0.3, 0.4) is 0 Å². The van der Waals surface area contributed by atoms with Crippen molar-refractivity contribution in [3.63, 3.8) is 0 Å². The smallest absolute Gasteiger partial charge is 0.335 e. The van der Waals surface area contributed by atoms with Crippen LogP contribution in [0.2, 0.25) is 5.02 Å². The lowest BCUT2D eigenvalue weighted by Gasteiger charge is -2.15. The van der Waals surface area contributed by atoms with Crippen LogP contribution < -0.4 is 15.0 Å². The molecule has 1 heterocycles. The van der Waals surface area contributed by atoms with E-state index in [4.69, 9.17) is 26.1 Å². The maximum Gasteiger partial charge on any atom is 0.335 e. The Hall–Kier alpha value is -3.69. The first-order valence-corrected chi connectivity index (χ1v) is 13.1. The molecule has 0 aliphatic rings. The summed E-state index contributed by atoms with van der Waals surface area (Å²) in [5, 5.41) is 14.6. The molecule has 0 aliphatic heterocycles. The molecule has 0 saturated carbocycles. The molecule has 8 nitrogen and oxygen atoms in total. The number of halogens is 2. The van der Waals surface area contributed by atoms with Crippen LogP contribution in [0.5, 0.6) is 11.5 Å². The quantitative estimate of drug-likeness (QED) is 0.214. The molecule has 10 heteroatoms. The number of aryl methyl sites for hydroxylation is 1. The van der Waals surface area contributed by atoms with Crippen molar-refractivity contribution in [1.82, 2.24) is 9.66 Å². The second-order valence-electron chi connectivity index (χ2n) is 8.48. The lowest BCUT2D eigenvalue weighted by atomic mass is 10.1. The van der Waals surface area contributed by atoms with E-state index in [1.54, 1.807) is 36.4 Å². The maximum absolute atomic E-state index is 13.4. The second-order valence-corrected chi connectivity index (χ2v) is 9.83. The van der Waals surface area contributed by atoms with Crippen LogP contribution in [0.4, 0.5) is 0 Å². The van der Waals surface area contributed by atoms with Crippen LogP contribution >= 0.6 is 27.5 Å². The average molecular weight is 599 g/mol. The summed E-state index contributed by atoms with van der Waals surface area (Å²) < 4.78 is 13.6. The lowest BCUT2D eigenvalue weighted by molar-refractivity contribution is 0.0696. The van der Waals surface area contributed by atoms with E-state index in [0.29, 0.717) is 50.8 Å². The van der Waals surface area contributed by atoms with Crippen LogP contribution in [0.1, 0.15) is 47.1 Å². The summed E-state index contributed by atoms with van der Waals surface area (Å²) in [6.45, 7) is 2.14. The number of fused-ring (bicyclic) bond motifs is 1. The van der Waals surface area contributed by atoms with Crippen LogP contribution in [-0.4, -0.2) is 34.1 Å². The number of rotatable bonds is 10. The van der Waals surface area contributed by atoms with E-state index < -0.39 is 5.97 Å². The standard InChI is InChI=1S/C28H25BrClN3O5/c1-3-4-8-25-32-23-10-9-20(29)13-22(23)27(34)33(25)31-15-19-12-21(30)14-24(37-2)26(19)38-16-17-6-5-7-18(11-17)28(35)36/h5-7,9-15H,3-4,8,16H2,1-2H3,(H,35,36). The fraction of sp³-hybridized carbons (Fsp3) is 0.214. The number of carboxylic acid groups (broad SMARTS) is 1. The zero-order valence-electron chi connectivity index (χ0n) is 20.8. The number of hydrogen-bond donors (Lipinski definition) is 1. The van der Waals surface area contributed by atoms with Crippen LogP contribution in [0, 0.1) is 0 Å². The molecule has 0 fully saturated rings. The Morgan fingerprint density at radius 2 is 2.03 bits per heavy atom. The van der Waals surface area contributed by atoms with Crippen LogP contribution in [0.25, 0.3) is 10.9 Å². The van der Waals surface area contributed by atoms with Gasteiger partial charge in [0.2, 0.25) is 0 Å². The third kappa shape index (κ3) is 6.23. The van der Waals surface area contributed by atoms with Gasteiger partial charge in [0, 0.05) is 27.5 Å². The SMILES string of the molecule is CCCCc1nc2ccc(Br)cc2c(=O)n1N=Cc1cc(Cl)cc(OC)c1OCc1cccc(C(=O)O)c1. The van der Waals surface area contributed by atoms with Crippen LogP contribution in [-0.2, 0) is 13.0 Å². The summed E-state index contributed by atoms with van der Waals surface area (Å²) in [6.07, 6.45) is 3.85. The van der Waals surface area contributed by atoms with Crippen LogP contribution in [0.15, 0.2) is 69.0 Å². The summed E-state index contributed by atoms with van der Waals surface area (Å²) in [7, 11) is 1.49. The highest BCUT2D eigenvalue weighted by Gasteiger charge is 2.15. The summed E-state index contributed by atoms with van der Waals surface area (Å²) in [4.78, 5) is 29.4. The first-order chi connectivity index (χ1) is 18.3. The molecule has 0 unspecified atom stereocenters. The predicted molar refractivity (Wildman–Crippen MR) is 151 cm³/mol. The van der Waals surface area contributed by atoms with Crippen molar-refractivity contribution < 1.29 is 19.4 Å². The number of unbranched alkanes of at least 4 members (excludes halogenated alkanes) is 1. The van der Waals surface area contributed by atoms with E-state index in [1.165, 1.54) is 30.1 Å². The number of aromatic carboxylic acids is 1. The Balaban J connectivity index is 1.76. The third-order valence-electron chi connectivity index (χ3n) is 5.77. The van der Waals surface area contributed by atoms with Gasteiger partial charge in [-0.2, -0.15) is 9.78 Å². The zero-order valence-corrected chi connectivity index (χ0v) is 23.1. The minimum atomic E-state index is -1.02. The number of aromatic nitrogens is 2. The van der Waals surface area contributed by atoms with E-state index in [-0.39, 0.29) is 17.7 Å². The molecular weight excluding hydrogens is 574 g/mol. The van der Waals surface area contributed by atoms with Crippen molar-refractivity contribution in [2.45, 2.75) is 32.8 Å². The van der Waals surface area contributed by atoms with Gasteiger partial charge in [-0.3, -0.25) is 4.79 Å². The zero-order chi connectivity index (χ0) is 27.2. The Morgan fingerprint density at radius 3 is 2.76 bits per heavy atom. The monoisotopic (exact) mass is 597 g/mol. The number of carbonyl (C=O) groups is 1. The van der Waals surface area contributed by atoms with E-state index in [0.717, 1.165) is 17.3 Å². The van der Waals surface area contributed by atoms with E-state index in [2.05, 4.69) is 28.0 Å². The number of hydrogen-bond acceptors (Lipinski definition) is 6. The molecule has 0 bridgehead atoms. The molecule has 0 radical (unpaired) electrons. The Kier molecular flexibility index (Phi) is 8.81. The minimum Gasteiger partial charge on any atom is -0.493 e. The predicted octanol–water partition coefficient (Wildman–Crippen LogP) is 6.32. The van der Waals surface area contributed by atoms with Gasteiger partial charge in [-0.25, -0.2) is 9.78 Å². The van der Waals surface area contributed by atoms with Crippen molar-refractivity contribution in [2.24, 2.45) is 5.10 Å². The van der Waals surface area contributed by atoms with E-state index in [1.807, 2.05) is 6.07 Å².